The quantitative estimate of drug-likeness (QED) is 0.181. The fraction of sp³-hybridized carbons (Fsp3) is 0.0943. The van der Waals surface area contributed by atoms with E-state index in [-0.39, 0.29) is 5.41 Å². The van der Waals surface area contributed by atoms with Crippen LogP contribution in [0.25, 0.3) is 66.1 Å². The molecule has 8 aromatic carbocycles. The van der Waals surface area contributed by atoms with Crippen molar-refractivity contribution in [1.29, 1.82) is 0 Å². The molecular formula is C53H37NO2. The molecule has 0 bridgehead atoms. The molecule has 0 saturated heterocycles. The molecule has 0 spiro atoms. The first-order valence-electron chi connectivity index (χ1n) is 19.5. The Labute approximate surface area is 325 Å². The van der Waals surface area contributed by atoms with Gasteiger partial charge in [0, 0.05) is 55.9 Å². The van der Waals surface area contributed by atoms with Gasteiger partial charge in [-0.1, -0.05) is 129 Å². The van der Waals surface area contributed by atoms with Crippen molar-refractivity contribution in [3.8, 4) is 22.3 Å². The van der Waals surface area contributed by atoms with Gasteiger partial charge >= 0.3 is 0 Å². The third-order valence-electron chi connectivity index (χ3n) is 12.9. The highest BCUT2D eigenvalue weighted by molar-refractivity contribution is 6.10. The minimum absolute atomic E-state index is 0.158. The third kappa shape index (κ3) is 4.12. The van der Waals surface area contributed by atoms with Crippen molar-refractivity contribution in [3.63, 3.8) is 0 Å². The van der Waals surface area contributed by atoms with E-state index in [1.165, 1.54) is 50.1 Å². The van der Waals surface area contributed by atoms with Crippen LogP contribution in [0.3, 0.4) is 0 Å². The predicted octanol–water partition coefficient (Wildman–Crippen LogP) is 14.6. The Balaban J connectivity index is 1.17. The third-order valence-corrected chi connectivity index (χ3v) is 12.9. The molecule has 56 heavy (non-hydrogen) atoms. The fourth-order valence-electron chi connectivity index (χ4n) is 10.2. The highest BCUT2D eigenvalue weighted by Gasteiger charge is 2.43. The van der Waals surface area contributed by atoms with E-state index in [2.05, 4.69) is 183 Å². The monoisotopic (exact) mass is 719 g/mol. The molecule has 2 aliphatic rings. The van der Waals surface area contributed by atoms with Gasteiger partial charge in [0.2, 0.25) is 0 Å². The minimum atomic E-state index is -0.454. The lowest BCUT2D eigenvalue weighted by Crippen LogP contribution is -2.23. The fourth-order valence-corrected chi connectivity index (χ4v) is 10.2. The van der Waals surface area contributed by atoms with Crippen molar-refractivity contribution in [2.45, 2.75) is 31.6 Å². The molecule has 2 aromatic heterocycles. The SMILES string of the molecule is CC1(C)c2ccccc2-c2ccc(N(c3ccc4c(c3)oc3ccccc34)c3cc(C4(C)c5ccccc5-c5ccccc54)c4c(c3)oc3ccccc34)cc21. The first-order chi connectivity index (χ1) is 27.4. The molecule has 0 fully saturated rings. The zero-order chi connectivity index (χ0) is 37.3. The van der Waals surface area contributed by atoms with Gasteiger partial charge in [0.25, 0.3) is 0 Å². The van der Waals surface area contributed by atoms with Crippen LogP contribution in [0.15, 0.2) is 179 Å². The molecule has 0 unspecified atom stereocenters. The Kier molecular flexibility index (Phi) is 6.25. The van der Waals surface area contributed by atoms with Crippen molar-refractivity contribution in [2.75, 3.05) is 4.90 Å². The number of nitrogens with zero attached hydrogens (tertiary/aromatic N) is 1. The average molecular weight is 720 g/mol. The van der Waals surface area contributed by atoms with Crippen LogP contribution in [0.5, 0.6) is 0 Å². The molecule has 2 heterocycles. The second-order valence-electron chi connectivity index (χ2n) is 16.2. The van der Waals surface area contributed by atoms with E-state index in [1.54, 1.807) is 0 Å². The van der Waals surface area contributed by atoms with E-state index in [1.807, 2.05) is 12.1 Å². The summed E-state index contributed by atoms with van der Waals surface area (Å²) in [6.07, 6.45) is 0. The van der Waals surface area contributed by atoms with Crippen LogP contribution in [0.4, 0.5) is 17.1 Å². The number of hydrogen-bond acceptors (Lipinski definition) is 3. The number of furan rings is 2. The summed E-state index contributed by atoms with van der Waals surface area (Å²) in [6.45, 7) is 7.10. The van der Waals surface area contributed by atoms with Gasteiger partial charge in [0.15, 0.2) is 0 Å². The maximum absolute atomic E-state index is 6.85. The number of benzene rings is 8. The van der Waals surface area contributed by atoms with Crippen molar-refractivity contribution in [1.82, 2.24) is 0 Å². The molecule has 3 heteroatoms. The lowest BCUT2D eigenvalue weighted by Gasteiger charge is -2.32. The van der Waals surface area contributed by atoms with Crippen LogP contribution in [-0.2, 0) is 10.8 Å². The van der Waals surface area contributed by atoms with Crippen LogP contribution >= 0.6 is 0 Å². The molecule has 0 N–H and O–H groups in total. The van der Waals surface area contributed by atoms with Crippen LogP contribution in [0.1, 0.15) is 48.6 Å². The number of rotatable bonds is 4. The number of para-hydroxylation sites is 2. The molecule has 12 rings (SSSR count). The first-order valence-corrected chi connectivity index (χ1v) is 19.5. The standard InChI is InChI=1S/C53H37NO2/c1-52(2)42-19-9-4-14-35(42)38-26-24-32(28-45(38)52)54(33-25-27-40-39-17-7-12-22-47(39)55-49(40)30-33)34-29-46(51-41-18-8-13-23-48(41)56-50(51)31-34)53(3)43-20-10-5-15-36(43)37-16-6-11-21-44(37)53/h4-31H,1-3H3. The highest BCUT2D eigenvalue weighted by Crippen LogP contribution is 2.56. The summed E-state index contributed by atoms with van der Waals surface area (Å²) >= 11 is 0. The summed E-state index contributed by atoms with van der Waals surface area (Å²) in [5.41, 5.74) is 17.7. The Morgan fingerprint density at radius 3 is 1.57 bits per heavy atom. The molecule has 3 nitrogen and oxygen atoms in total. The molecule has 0 amide bonds. The highest BCUT2D eigenvalue weighted by atomic mass is 16.3. The van der Waals surface area contributed by atoms with E-state index in [9.17, 15) is 0 Å². The van der Waals surface area contributed by atoms with E-state index in [0.29, 0.717) is 0 Å². The van der Waals surface area contributed by atoms with Gasteiger partial charge in [-0.2, -0.15) is 0 Å². The lowest BCUT2D eigenvalue weighted by atomic mass is 9.72. The van der Waals surface area contributed by atoms with Gasteiger partial charge in [-0.05, 0) is 99.5 Å². The van der Waals surface area contributed by atoms with Crippen molar-refractivity contribution in [3.05, 3.63) is 198 Å². The molecule has 0 atom stereocenters. The van der Waals surface area contributed by atoms with Gasteiger partial charge in [-0.25, -0.2) is 0 Å². The van der Waals surface area contributed by atoms with Crippen LogP contribution in [-0.4, -0.2) is 0 Å². The normalized spacial score (nSPS) is 14.6. The summed E-state index contributed by atoms with van der Waals surface area (Å²) in [7, 11) is 0. The number of hydrogen-bond donors (Lipinski definition) is 0. The molecule has 2 aliphatic carbocycles. The molecular weight excluding hydrogens is 683 g/mol. The second kappa shape index (κ2) is 11.1. The van der Waals surface area contributed by atoms with Gasteiger partial charge in [0.1, 0.15) is 22.3 Å². The van der Waals surface area contributed by atoms with Crippen molar-refractivity contribution >= 4 is 60.9 Å². The summed E-state index contributed by atoms with van der Waals surface area (Å²) in [5, 5.41) is 4.50. The maximum atomic E-state index is 6.85. The van der Waals surface area contributed by atoms with Gasteiger partial charge < -0.3 is 13.7 Å². The Hall–Kier alpha value is -6.84. The summed E-state index contributed by atoms with van der Waals surface area (Å²) in [4.78, 5) is 2.40. The number of fused-ring (bicyclic) bond motifs is 12. The van der Waals surface area contributed by atoms with Crippen molar-refractivity contribution in [2.24, 2.45) is 0 Å². The Morgan fingerprint density at radius 2 is 0.839 bits per heavy atom. The molecule has 0 radical (unpaired) electrons. The summed E-state index contributed by atoms with van der Waals surface area (Å²) < 4.78 is 13.4. The summed E-state index contributed by atoms with van der Waals surface area (Å²) in [6, 6.07) is 61.8. The molecule has 266 valence electrons. The number of anilines is 3. The van der Waals surface area contributed by atoms with Crippen LogP contribution in [0.2, 0.25) is 0 Å². The first kappa shape index (κ1) is 31.5. The Morgan fingerprint density at radius 1 is 0.357 bits per heavy atom. The Bertz CT molecular complexity index is 3220. The van der Waals surface area contributed by atoms with Gasteiger partial charge in [-0.3, -0.25) is 0 Å². The average Bonchev–Trinajstić information content (AvgIpc) is 3.94. The van der Waals surface area contributed by atoms with E-state index in [0.717, 1.165) is 60.9 Å². The minimum Gasteiger partial charge on any atom is -0.456 e. The topological polar surface area (TPSA) is 29.5 Å². The van der Waals surface area contributed by atoms with Crippen LogP contribution < -0.4 is 4.90 Å². The molecule has 10 aromatic rings. The van der Waals surface area contributed by atoms with E-state index >= 15 is 0 Å². The van der Waals surface area contributed by atoms with Gasteiger partial charge in [-0.15, -0.1) is 0 Å². The molecule has 0 aliphatic heterocycles. The van der Waals surface area contributed by atoms with E-state index in [4.69, 9.17) is 8.83 Å². The second-order valence-corrected chi connectivity index (χ2v) is 16.2. The smallest absolute Gasteiger partial charge is 0.137 e. The molecule has 0 saturated carbocycles. The van der Waals surface area contributed by atoms with Gasteiger partial charge in [0.05, 0.1) is 5.69 Å². The predicted molar refractivity (Wildman–Crippen MR) is 231 cm³/mol. The zero-order valence-electron chi connectivity index (χ0n) is 31.4. The largest absolute Gasteiger partial charge is 0.456 e. The summed E-state index contributed by atoms with van der Waals surface area (Å²) in [5.74, 6) is 0. The zero-order valence-corrected chi connectivity index (χ0v) is 31.4. The van der Waals surface area contributed by atoms with E-state index < -0.39 is 5.41 Å². The van der Waals surface area contributed by atoms with Crippen molar-refractivity contribution < 1.29 is 8.83 Å². The maximum Gasteiger partial charge on any atom is 0.137 e. The van der Waals surface area contributed by atoms with Crippen LogP contribution in [0, 0.1) is 0 Å². The lowest BCUT2D eigenvalue weighted by molar-refractivity contribution is 0.660.